The van der Waals surface area contributed by atoms with Crippen LogP contribution < -0.4 is 5.32 Å². The highest BCUT2D eigenvalue weighted by atomic mass is 16.3. The van der Waals surface area contributed by atoms with Crippen molar-refractivity contribution in [1.82, 2.24) is 20.2 Å². The molecule has 0 aliphatic carbocycles. The Labute approximate surface area is 123 Å². The lowest BCUT2D eigenvalue weighted by atomic mass is 10.0. The van der Waals surface area contributed by atoms with E-state index in [1.54, 1.807) is 12.4 Å². The zero-order valence-corrected chi connectivity index (χ0v) is 11.9. The average Bonchev–Trinajstić information content (AvgIpc) is 2.97. The molecule has 1 aliphatic rings. The van der Waals surface area contributed by atoms with Crippen LogP contribution in [0.5, 0.6) is 0 Å². The number of hydrogen-bond acceptors (Lipinski definition) is 4. The van der Waals surface area contributed by atoms with Crippen LogP contribution in [0.25, 0.3) is 11.0 Å². The molecule has 0 radical (unpaired) electrons. The minimum atomic E-state index is -0.0351. The normalized spacial score (nSPS) is 17.2. The molecule has 1 aromatic heterocycles. The van der Waals surface area contributed by atoms with Gasteiger partial charge in [0.1, 0.15) is 0 Å². The molecule has 0 unspecified atom stereocenters. The highest BCUT2D eigenvalue weighted by molar-refractivity contribution is 5.97. The molecule has 1 fully saturated rings. The van der Waals surface area contributed by atoms with Crippen LogP contribution in [-0.2, 0) is 0 Å². The fraction of sp³-hybridized carbons (Fsp3) is 0.467. The first-order valence-electron chi connectivity index (χ1n) is 7.33. The van der Waals surface area contributed by atoms with Crippen molar-refractivity contribution in [1.29, 1.82) is 0 Å². The van der Waals surface area contributed by atoms with Gasteiger partial charge in [-0.25, -0.2) is 4.98 Å². The van der Waals surface area contributed by atoms with Crippen molar-refractivity contribution in [3.8, 4) is 0 Å². The number of amides is 1. The first-order valence-corrected chi connectivity index (χ1v) is 7.33. The number of aromatic amines is 1. The van der Waals surface area contributed by atoms with Gasteiger partial charge in [-0.3, -0.25) is 4.79 Å². The Morgan fingerprint density at radius 2 is 2.24 bits per heavy atom. The number of carbonyl (C=O) groups excluding carboxylic acids is 1. The largest absolute Gasteiger partial charge is 0.395 e. The molecular formula is C15H20N4O2. The van der Waals surface area contributed by atoms with Crippen molar-refractivity contribution in [2.75, 3.05) is 26.2 Å². The van der Waals surface area contributed by atoms with Crippen LogP contribution in [-0.4, -0.2) is 58.2 Å². The molecule has 2 aromatic rings. The van der Waals surface area contributed by atoms with Crippen LogP contribution in [0.4, 0.5) is 0 Å². The maximum absolute atomic E-state index is 12.3. The van der Waals surface area contributed by atoms with E-state index in [0.717, 1.165) is 43.5 Å². The molecule has 2 heterocycles. The number of aliphatic hydroxyl groups excluding tert-OH is 1. The van der Waals surface area contributed by atoms with Crippen LogP contribution in [0, 0.1) is 0 Å². The molecule has 0 bridgehead atoms. The Bertz CT molecular complexity index is 617. The number of carbonyl (C=O) groups is 1. The number of likely N-dealkylation sites (tertiary alicyclic amines) is 1. The van der Waals surface area contributed by atoms with Crippen molar-refractivity contribution >= 4 is 16.9 Å². The molecule has 6 nitrogen and oxygen atoms in total. The van der Waals surface area contributed by atoms with Gasteiger partial charge >= 0.3 is 0 Å². The molecule has 0 atom stereocenters. The summed E-state index contributed by atoms with van der Waals surface area (Å²) in [6, 6.07) is 5.70. The van der Waals surface area contributed by atoms with E-state index >= 15 is 0 Å². The van der Waals surface area contributed by atoms with Crippen LogP contribution in [0.3, 0.4) is 0 Å². The Kier molecular flexibility index (Phi) is 4.17. The van der Waals surface area contributed by atoms with Crippen molar-refractivity contribution in [2.24, 2.45) is 0 Å². The molecule has 1 saturated heterocycles. The van der Waals surface area contributed by atoms with Gasteiger partial charge in [0.25, 0.3) is 5.91 Å². The number of aliphatic hydroxyl groups is 1. The van der Waals surface area contributed by atoms with E-state index in [0.29, 0.717) is 5.56 Å². The molecule has 0 saturated carbocycles. The third-order valence-corrected chi connectivity index (χ3v) is 4.02. The number of aromatic nitrogens is 2. The summed E-state index contributed by atoms with van der Waals surface area (Å²) in [6.45, 7) is 2.76. The number of nitrogens with zero attached hydrogens (tertiary/aromatic N) is 2. The average molecular weight is 288 g/mol. The van der Waals surface area contributed by atoms with Crippen LogP contribution in [0.15, 0.2) is 24.5 Å². The van der Waals surface area contributed by atoms with E-state index in [-0.39, 0.29) is 18.6 Å². The minimum absolute atomic E-state index is 0.0351. The van der Waals surface area contributed by atoms with E-state index in [4.69, 9.17) is 5.11 Å². The van der Waals surface area contributed by atoms with E-state index < -0.39 is 0 Å². The van der Waals surface area contributed by atoms with E-state index in [9.17, 15) is 4.79 Å². The Morgan fingerprint density at radius 3 is 3.00 bits per heavy atom. The molecule has 0 spiro atoms. The van der Waals surface area contributed by atoms with Crippen LogP contribution in [0.1, 0.15) is 23.2 Å². The lowest BCUT2D eigenvalue weighted by Gasteiger charge is -2.31. The molecule has 6 heteroatoms. The van der Waals surface area contributed by atoms with Crippen molar-refractivity contribution < 1.29 is 9.90 Å². The number of hydrogen-bond donors (Lipinski definition) is 3. The van der Waals surface area contributed by atoms with Crippen molar-refractivity contribution in [3.63, 3.8) is 0 Å². The third kappa shape index (κ3) is 3.22. The van der Waals surface area contributed by atoms with Crippen LogP contribution >= 0.6 is 0 Å². The maximum atomic E-state index is 12.3. The second-order valence-corrected chi connectivity index (χ2v) is 5.45. The molecule has 1 aliphatic heterocycles. The predicted octanol–water partition coefficient (Wildman–Crippen LogP) is 0.749. The van der Waals surface area contributed by atoms with Gasteiger partial charge in [0.2, 0.25) is 0 Å². The number of piperidine rings is 1. The highest BCUT2D eigenvalue weighted by Crippen LogP contribution is 2.14. The summed E-state index contributed by atoms with van der Waals surface area (Å²) in [5.41, 5.74) is 2.40. The third-order valence-electron chi connectivity index (χ3n) is 4.02. The smallest absolute Gasteiger partial charge is 0.251 e. The van der Waals surface area contributed by atoms with Gasteiger partial charge in [0, 0.05) is 31.2 Å². The zero-order valence-electron chi connectivity index (χ0n) is 11.9. The molecule has 1 aromatic carbocycles. The first-order chi connectivity index (χ1) is 10.3. The van der Waals surface area contributed by atoms with Gasteiger partial charge < -0.3 is 20.3 Å². The molecular weight excluding hydrogens is 268 g/mol. The van der Waals surface area contributed by atoms with E-state index in [1.165, 1.54) is 0 Å². The Hall–Kier alpha value is -1.92. The van der Waals surface area contributed by atoms with Gasteiger partial charge in [0.15, 0.2) is 0 Å². The summed E-state index contributed by atoms with van der Waals surface area (Å²) in [5.74, 6) is -0.0351. The highest BCUT2D eigenvalue weighted by Gasteiger charge is 2.20. The summed E-state index contributed by atoms with van der Waals surface area (Å²) in [7, 11) is 0. The topological polar surface area (TPSA) is 81.2 Å². The fourth-order valence-electron chi connectivity index (χ4n) is 2.79. The monoisotopic (exact) mass is 288 g/mol. The molecule has 3 N–H and O–H groups in total. The molecule has 112 valence electrons. The second kappa shape index (κ2) is 6.24. The molecule has 21 heavy (non-hydrogen) atoms. The minimum Gasteiger partial charge on any atom is -0.395 e. The van der Waals surface area contributed by atoms with Crippen molar-refractivity contribution in [3.05, 3.63) is 30.1 Å². The molecule has 1 amide bonds. The second-order valence-electron chi connectivity index (χ2n) is 5.45. The quantitative estimate of drug-likeness (QED) is 0.775. The molecule has 3 rings (SSSR count). The van der Waals surface area contributed by atoms with E-state index in [1.807, 2.05) is 12.1 Å². The zero-order chi connectivity index (χ0) is 14.7. The summed E-state index contributed by atoms with van der Waals surface area (Å²) in [5, 5.41) is 12.0. The maximum Gasteiger partial charge on any atom is 0.251 e. The summed E-state index contributed by atoms with van der Waals surface area (Å²) in [4.78, 5) is 21.7. The number of rotatable bonds is 4. The lowest BCUT2D eigenvalue weighted by molar-refractivity contribution is 0.0903. The summed E-state index contributed by atoms with van der Waals surface area (Å²) in [6.07, 6.45) is 3.49. The van der Waals surface area contributed by atoms with Gasteiger partial charge in [-0.1, -0.05) is 0 Å². The van der Waals surface area contributed by atoms with Crippen molar-refractivity contribution in [2.45, 2.75) is 18.9 Å². The van der Waals surface area contributed by atoms with Gasteiger partial charge in [0.05, 0.1) is 24.0 Å². The number of β-amino-alcohol motifs (C(OH)–C–C–N with tert-alkyl or cyclic N) is 1. The Morgan fingerprint density at radius 1 is 1.43 bits per heavy atom. The number of nitrogens with one attached hydrogen (secondary N) is 2. The number of fused-ring (bicyclic) bond motifs is 1. The van der Waals surface area contributed by atoms with E-state index in [2.05, 4.69) is 20.2 Å². The van der Waals surface area contributed by atoms with Gasteiger partial charge in [-0.2, -0.15) is 0 Å². The standard InChI is InChI=1S/C15H20N4O2/c20-8-7-19-5-3-12(4-6-19)18-15(21)11-1-2-13-14(9-11)17-10-16-13/h1-2,9-10,12,20H,3-8H2,(H,16,17)(H,18,21). The lowest BCUT2D eigenvalue weighted by Crippen LogP contribution is -2.45. The van der Waals surface area contributed by atoms with Gasteiger partial charge in [-0.05, 0) is 31.0 Å². The fourth-order valence-corrected chi connectivity index (χ4v) is 2.79. The summed E-state index contributed by atoms with van der Waals surface area (Å²) >= 11 is 0. The summed E-state index contributed by atoms with van der Waals surface area (Å²) < 4.78 is 0. The SMILES string of the molecule is O=C(NC1CCN(CCO)CC1)c1ccc2nc[nH]c2c1. The Balaban J connectivity index is 1.59. The van der Waals surface area contributed by atoms with Gasteiger partial charge in [-0.15, -0.1) is 0 Å². The van der Waals surface area contributed by atoms with Crippen LogP contribution in [0.2, 0.25) is 0 Å². The first kappa shape index (κ1) is 14.0. The number of benzene rings is 1. The number of imidazole rings is 1. The number of H-pyrrole nitrogens is 1. The predicted molar refractivity (Wildman–Crippen MR) is 80.1 cm³/mol.